The Balaban J connectivity index is 0.000000671. The molecule has 74 valence electrons. The molecule has 1 aromatic rings. The van der Waals surface area contributed by atoms with Crippen LogP contribution in [0.3, 0.4) is 0 Å². The lowest BCUT2D eigenvalue weighted by Gasteiger charge is -2.07. The average molecular weight is 182 g/mol. The van der Waals surface area contributed by atoms with Gasteiger partial charge in [0, 0.05) is 5.56 Å². The van der Waals surface area contributed by atoms with Crippen LogP contribution in [0.1, 0.15) is 19.4 Å². The molecule has 0 saturated heterocycles. The van der Waals surface area contributed by atoms with Crippen molar-refractivity contribution in [2.75, 3.05) is 14.2 Å². The first kappa shape index (κ1) is 11.8. The third-order valence-corrected chi connectivity index (χ3v) is 1.67. The highest BCUT2D eigenvalue weighted by Gasteiger charge is 2.01. The Bertz CT molecular complexity index is 222. The van der Waals surface area contributed by atoms with Gasteiger partial charge < -0.3 is 9.47 Å². The van der Waals surface area contributed by atoms with E-state index in [1.54, 1.807) is 14.2 Å². The van der Waals surface area contributed by atoms with Crippen LogP contribution in [0.2, 0.25) is 0 Å². The summed E-state index contributed by atoms with van der Waals surface area (Å²) >= 11 is 0. The van der Waals surface area contributed by atoms with E-state index in [0.29, 0.717) is 0 Å². The van der Waals surface area contributed by atoms with Crippen LogP contribution >= 0.6 is 0 Å². The second kappa shape index (κ2) is 6.35. The van der Waals surface area contributed by atoms with Gasteiger partial charge in [0.25, 0.3) is 0 Å². The first-order valence-corrected chi connectivity index (χ1v) is 4.47. The zero-order chi connectivity index (χ0) is 10.3. The molecule has 0 bridgehead atoms. The minimum atomic E-state index is 0.865. The Hall–Kier alpha value is -1.18. The summed E-state index contributed by atoms with van der Waals surface area (Å²) in [5, 5.41) is 0. The number of hydrogen-bond donors (Lipinski definition) is 0. The fourth-order valence-electron chi connectivity index (χ4n) is 1.04. The van der Waals surface area contributed by atoms with Crippen LogP contribution in [-0.4, -0.2) is 14.2 Å². The van der Waals surface area contributed by atoms with Gasteiger partial charge in [-0.3, -0.25) is 0 Å². The molecule has 0 N–H and O–H groups in total. The van der Waals surface area contributed by atoms with Crippen LogP contribution in [-0.2, 0) is 0 Å². The van der Waals surface area contributed by atoms with Crippen LogP contribution in [0, 0.1) is 6.92 Å². The van der Waals surface area contributed by atoms with E-state index >= 15 is 0 Å². The smallest absolute Gasteiger partial charge is 0.125 e. The van der Waals surface area contributed by atoms with E-state index in [1.807, 2.05) is 39.0 Å². The minimum absolute atomic E-state index is 0.865. The lowest BCUT2D eigenvalue weighted by Crippen LogP contribution is -1.90. The molecular weight excluding hydrogens is 164 g/mol. The van der Waals surface area contributed by atoms with Crippen molar-refractivity contribution in [1.82, 2.24) is 0 Å². The minimum Gasteiger partial charge on any atom is -0.496 e. The highest BCUT2D eigenvalue weighted by molar-refractivity contribution is 5.43. The number of methoxy groups -OCH3 is 2. The predicted octanol–water partition coefficient (Wildman–Crippen LogP) is 3.04. The molecule has 0 atom stereocenters. The molecule has 0 aliphatic rings. The molecule has 0 fully saturated rings. The topological polar surface area (TPSA) is 18.5 Å². The quantitative estimate of drug-likeness (QED) is 0.700. The second-order valence-electron chi connectivity index (χ2n) is 2.29. The van der Waals surface area contributed by atoms with Crippen LogP contribution in [0.4, 0.5) is 0 Å². The summed E-state index contributed by atoms with van der Waals surface area (Å²) in [5.74, 6) is 1.73. The van der Waals surface area contributed by atoms with Gasteiger partial charge in [-0.2, -0.15) is 0 Å². The van der Waals surface area contributed by atoms with Gasteiger partial charge in [0.05, 0.1) is 14.2 Å². The van der Waals surface area contributed by atoms with Gasteiger partial charge in [-0.25, -0.2) is 0 Å². The van der Waals surface area contributed by atoms with E-state index in [4.69, 9.17) is 9.47 Å². The molecule has 0 aromatic heterocycles. The Labute approximate surface area is 80.5 Å². The lowest BCUT2D eigenvalue weighted by atomic mass is 10.2. The largest absolute Gasteiger partial charge is 0.496 e. The summed E-state index contributed by atoms with van der Waals surface area (Å²) in [5.41, 5.74) is 1.04. The number of ether oxygens (including phenoxy) is 2. The Morgan fingerprint density at radius 3 is 1.62 bits per heavy atom. The molecule has 13 heavy (non-hydrogen) atoms. The van der Waals surface area contributed by atoms with Gasteiger partial charge in [0.1, 0.15) is 11.5 Å². The van der Waals surface area contributed by atoms with E-state index in [1.165, 1.54) is 0 Å². The zero-order valence-corrected chi connectivity index (χ0v) is 9.05. The van der Waals surface area contributed by atoms with Crippen molar-refractivity contribution >= 4 is 0 Å². The van der Waals surface area contributed by atoms with Gasteiger partial charge in [0.2, 0.25) is 0 Å². The van der Waals surface area contributed by atoms with Crippen molar-refractivity contribution < 1.29 is 9.47 Å². The van der Waals surface area contributed by atoms with E-state index in [2.05, 4.69) is 0 Å². The molecule has 0 radical (unpaired) electrons. The number of benzene rings is 1. The van der Waals surface area contributed by atoms with Crippen molar-refractivity contribution in [3.05, 3.63) is 23.8 Å². The third kappa shape index (κ3) is 2.98. The zero-order valence-electron chi connectivity index (χ0n) is 9.05. The molecule has 2 nitrogen and oxygen atoms in total. The average Bonchev–Trinajstić information content (AvgIpc) is 2.21. The summed E-state index contributed by atoms with van der Waals surface area (Å²) in [6.45, 7) is 5.97. The second-order valence-corrected chi connectivity index (χ2v) is 2.29. The summed E-state index contributed by atoms with van der Waals surface area (Å²) in [6.07, 6.45) is 0. The standard InChI is InChI=1S/C9H12O2.C2H6/c1-7-8(10-2)5-4-6-9(7)11-3;1-2/h4-6H,1-3H3;1-2H3. The van der Waals surface area contributed by atoms with Crippen molar-refractivity contribution in [2.45, 2.75) is 20.8 Å². The molecule has 0 aliphatic carbocycles. The first-order chi connectivity index (χ1) is 6.29. The molecule has 1 rings (SSSR count). The van der Waals surface area contributed by atoms with E-state index < -0.39 is 0 Å². The number of rotatable bonds is 2. The maximum Gasteiger partial charge on any atom is 0.125 e. The maximum absolute atomic E-state index is 5.11. The third-order valence-electron chi connectivity index (χ3n) is 1.67. The molecular formula is C11H18O2. The fourth-order valence-corrected chi connectivity index (χ4v) is 1.04. The lowest BCUT2D eigenvalue weighted by molar-refractivity contribution is 0.389. The molecule has 0 saturated carbocycles. The van der Waals surface area contributed by atoms with Crippen LogP contribution in [0.5, 0.6) is 11.5 Å². The van der Waals surface area contributed by atoms with Crippen molar-refractivity contribution in [1.29, 1.82) is 0 Å². The van der Waals surface area contributed by atoms with Crippen LogP contribution < -0.4 is 9.47 Å². The Morgan fingerprint density at radius 1 is 0.923 bits per heavy atom. The molecule has 0 amide bonds. The summed E-state index contributed by atoms with van der Waals surface area (Å²) in [6, 6.07) is 5.74. The molecule has 0 unspecified atom stereocenters. The maximum atomic E-state index is 5.11. The highest BCUT2D eigenvalue weighted by atomic mass is 16.5. The van der Waals surface area contributed by atoms with Crippen LogP contribution in [0.15, 0.2) is 18.2 Å². The van der Waals surface area contributed by atoms with E-state index in [0.717, 1.165) is 17.1 Å². The fraction of sp³-hybridized carbons (Fsp3) is 0.455. The number of hydrogen-bond acceptors (Lipinski definition) is 2. The van der Waals surface area contributed by atoms with Crippen molar-refractivity contribution in [3.8, 4) is 11.5 Å². The van der Waals surface area contributed by atoms with Crippen LogP contribution in [0.25, 0.3) is 0 Å². The van der Waals surface area contributed by atoms with Gasteiger partial charge in [-0.1, -0.05) is 19.9 Å². The monoisotopic (exact) mass is 182 g/mol. The first-order valence-electron chi connectivity index (χ1n) is 4.47. The van der Waals surface area contributed by atoms with E-state index in [-0.39, 0.29) is 0 Å². The van der Waals surface area contributed by atoms with Crippen molar-refractivity contribution in [2.24, 2.45) is 0 Å². The predicted molar refractivity (Wildman–Crippen MR) is 55.6 cm³/mol. The van der Waals surface area contributed by atoms with Gasteiger partial charge >= 0.3 is 0 Å². The summed E-state index contributed by atoms with van der Waals surface area (Å²) in [4.78, 5) is 0. The van der Waals surface area contributed by atoms with Gasteiger partial charge in [0.15, 0.2) is 0 Å². The normalized spacial score (nSPS) is 8.38. The summed E-state index contributed by atoms with van der Waals surface area (Å²) < 4.78 is 10.2. The molecule has 0 heterocycles. The van der Waals surface area contributed by atoms with Gasteiger partial charge in [-0.15, -0.1) is 0 Å². The SMILES string of the molecule is CC.COc1cccc(OC)c1C. The Kier molecular flexibility index (Phi) is 5.77. The summed E-state index contributed by atoms with van der Waals surface area (Å²) in [7, 11) is 3.31. The Morgan fingerprint density at radius 2 is 1.31 bits per heavy atom. The molecule has 0 spiro atoms. The molecule has 2 heteroatoms. The molecule has 1 aromatic carbocycles. The molecule has 0 aliphatic heterocycles. The van der Waals surface area contributed by atoms with Gasteiger partial charge in [-0.05, 0) is 19.1 Å². The van der Waals surface area contributed by atoms with Crippen molar-refractivity contribution in [3.63, 3.8) is 0 Å². The highest BCUT2D eigenvalue weighted by Crippen LogP contribution is 2.26. The van der Waals surface area contributed by atoms with E-state index in [9.17, 15) is 0 Å².